The van der Waals surface area contributed by atoms with Gasteiger partial charge in [0, 0.05) is 5.56 Å². The Morgan fingerprint density at radius 1 is 0.881 bits per heavy atom. The maximum absolute atomic E-state index is 12.0. The third-order valence-corrected chi connectivity index (χ3v) is 7.90. The van der Waals surface area contributed by atoms with E-state index in [4.69, 9.17) is 29.2 Å². The molecule has 0 heterocycles. The summed E-state index contributed by atoms with van der Waals surface area (Å²) in [4.78, 5) is 23.9. The van der Waals surface area contributed by atoms with E-state index in [1.54, 1.807) is 6.07 Å². The highest BCUT2D eigenvalue weighted by Crippen LogP contribution is 2.42. The summed E-state index contributed by atoms with van der Waals surface area (Å²) in [6.07, 6.45) is 8.19. The van der Waals surface area contributed by atoms with Gasteiger partial charge in [-0.15, -0.1) is 0 Å². The minimum absolute atomic E-state index is 0.0926. The van der Waals surface area contributed by atoms with Crippen molar-refractivity contribution in [1.82, 2.24) is 0 Å². The van der Waals surface area contributed by atoms with Crippen LogP contribution in [0.4, 0.5) is 0 Å². The van der Waals surface area contributed by atoms with E-state index < -0.39 is 38.7 Å². The van der Waals surface area contributed by atoms with Crippen molar-refractivity contribution in [2.75, 3.05) is 26.8 Å². The summed E-state index contributed by atoms with van der Waals surface area (Å²) >= 11 is 0. The van der Waals surface area contributed by atoms with E-state index in [1.165, 1.54) is 49.7 Å². The normalized spacial score (nSPS) is 16.4. The van der Waals surface area contributed by atoms with Gasteiger partial charge in [-0.2, -0.15) is 0 Å². The summed E-state index contributed by atoms with van der Waals surface area (Å²) in [5.41, 5.74) is 5.27. The second-order valence-electron chi connectivity index (χ2n) is 10.8. The fraction of sp³-hybridized carbons (Fsp3) is 0.471. The van der Waals surface area contributed by atoms with Gasteiger partial charge in [0.25, 0.3) is 0 Å². The maximum Gasteiger partial charge on any atom is 0.338 e. The highest BCUT2D eigenvalue weighted by Gasteiger charge is 2.24. The van der Waals surface area contributed by atoms with Crippen molar-refractivity contribution in [2.45, 2.75) is 71.6 Å². The van der Waals surface area contributed by atoms with Crippen LogP contribution in [0.25, 0.3) is 11.1 Å². The molecule has 0 radical (unpaired) electrons. The minimum Gasteiger partial charge on any atom is -0.453 e. The van der Waals surface area contributed by atoms with Crippen molar-refractivity contribution < 1.29 is 38.7 Å². The standard InChI is InChI=1S/C34H44O8/c1-6-8-25-9-11-26(12-10-25)29-14-13-27(17-22(29)3)30-15-16-31(39-20-41-33(37)23(4)18-35)32(28(30)7-2)40-21-42-34(38)24(5)19-36/h13-17,25-26,35-36H,4-12,18-21H2,1-3H3. The van der Waals surface area contributed by atoms with Crippen LogP contribution in [0.5, 0.6) is 11.5 Å². The molecule has 0 atom stereocenters. The lowest BCUT2D eigenvalue weighted by molar-refractivity contribution is -0.148. The highest BCUT2D eigenvalue weighted by atomic mass is 16.7. The summed E-state index contributed by atoms with van der Waals surface area (Å²) in [6, 6.07) is 10.2. The molecule has 8 heteroatoms. The Hall–Kier alpha value is -3.62. The quantitative estimate of drug-likeness (QED) is 0.147. The van der Waals surface area contributed by atoms with E-state index >= 15 is 0 Å². The van der Waals surface area contributed by atoms with E-state index in [1.807, 2.05) is 13.0 Å². The van der Waals surface area contributed by atoms with Crippen LogP contribution >= 0.6 is 0 Å². The van der Waals surface area contributed by atoms with Crippen LogP contribution < -0.4 is 9.47 Å². The topological polar surface area (TPSA) is 112 Å². The van der Waals surface area contributed by atoms with E-state index in [-0.39, 0.29) is 16.9 Å². The first-order chi connectivity index (χ1) is 20.2. The number of carbonyl (C=O) groups is 2. The third-order valence-electron chi connectivity index (χ3n) is 7.90. The first-order valence-electron chi connectivity index (χ1n) is 14.7. The average Bonchev–Trinajstić information content (AvgIpc) is 3.00. The van der Waals surface area contributed by atoms with Crippen molar-refractivity contribution >= 4 is 11.9 Å². The molecular formula is C34H44O8. The van der Waals surface area contributed by atoms with Crippen molar-refractivity contribution in [1.29, 1.82) is 0 Å². The number of carbonyl (C=O) groups excluding carboxylic acids is 2. The molecule has 1 fully saturated rings. The van der Waals surface area contributed by atoms with Gasteiger partial charge in [0.1, 0.15) is 0 Å². The molecule has 2 aromatic rings. The lowest BCUT2D eigenvalue weighted by atomic mass is 9.76. The Kier molecular flexibility index (Phi) is 12.6. The monoisotopic (exact) mass is 580 g/mol. The predicted octanol–water partition coefficient (Wildman–Crippen LogP) is 6.15. The molecule has 0 spiro atoms. The fourth-order valence-corrected chi connectivity index (χ4v) is 5.59. The van der Waals surface area contributed by atoms with Gasteiger partial charge in [-0.05, 0) is 79.2 Å². The van der Waals surface area contributed by atoms with Crippen LogP contribution in [0.15, 0.2) is 54.6 Å². The zero-order chi connectivity index (χ0) is 30.6. The van der Waals surface area contributed by atoms with Crippen molar-refractivity contribution in [2.24, 2.45) is 5.92 Å². The van der Waals surface area contributed by atoms with Crippen molar-refractivity contribution in [3.05, 3.63) is 71.3 Å². The Bertz CT molecular complexity index is 1260. The van der Waals surface area contributed by atoms with Crippen LogP contribution in [0, 0.1) is 12.8 Å². The van der Waals surface area contributed by atoms with Gasteiger partial charge in [-0.25, -0.2) is 9.59 Å². The lowest BCUT2D eigenvalue weighted by Crippen LogP contribution is -2.16. The number of esters is 2. The number of aliphatic hydroxyl groups excluding tert-OH is 2. The van der Waals surface area contributed by atoms with Crippen LogP contribution in [-0.2, 0) is 25.5 Å². The van der Waals surface area contributed by atoms with Gasteiger partial charge in [-0.1, -0.05) is 64.1 Å². The number of aryl methyl sites for hydroxylation is 1. The molecule has 0 amide bonds. The highest BCUT2D eigenvalue weighted by molar-refractivity contribution is 5.88. The predicted molar refractivity (Wildman–Crippen MR) is 161 cm³/mol. The minimum atomic E-state index is -0.779. The van der Waals surface area contributed by atoms with Gasteiger partial charge < -0.3 is 29.2 Å². The van der Waals surface area contributed by atoms with Crippen LogP contribution in [-0.4, -0.2) is 49.0 Å². The molecule has 1 aliphatic rings. The van der Waals surface area contributed by atoms with Gasteiger partial charge in [0.2, 0.25) is 13.6 Å². The zero-order valence-electron chi connectivity index (χ0n) is 25.1. The SMILES string of the molecule is C=C(CO)C(=O)OCOc1ccc(-c2ccc(C3CCC(CCC)CC3)c(C)c2)c(CC)c1OCOC(=O)C(=C)CO. The first-order valence-corrected chi connectivity index (χ1v) is 14.7. The summed E-state index contributed by atoms with van der Waals surface area (Å²) in [7, 11) is 0. The molecule has 8 nitrogen and oxygen atoms in total. The van der Waals surface area contributed by atoms with Gasteiger partial charge in [-0.3, -0.25) is 0 Å². The zero-order valence-corrected chi connectivity index (χ0v) is 25.1. The molecule has 2 aromatic carbocycles. The van der Waals surface area contributed by atoms with E-state index in [2.05, 4.69) is 45.2 Å². The number of ether oxygens (including phenoxy) is 4. The smallest absolute Gasteiger partial charge is 0.338 e. The molecule has 0 aliphatic heterocycles. The third kappa shape index (κ3) is 8.46. The summed E-state index contributed by atoms with van der Waals surface area (Å²) in [5, 5.41) is 18.2. The maximum atomic E-state index is 12.0. The molecule has 3 rings (SSSR count). The number of hydrogen-bond acceptors (Lipinski definition) is 8. The average molecular weight is 581 g/mol. The Morgan fingerprint density at radius 2 is 1.50 bits per heavy atom. The molecule has 42 heavy (non-hydrogen) atoms. The first kappa shape index (κ1) is 32.9. The fourth-order valence-electron chi connectivity index (χ4n) is 5.59. The largest absolute Gasteiger partial charge is 0.453 e. The number of benzene rings is 2. The summed E-state index contributed by atoms with van der Waals surface area (Å²) < 4.78 is 21.8. The van der Waals surface area contributed by atoms with E-state index in [9.17, 15) is 9.59 Å². The van der Waals surface area contributed by atoms with Crippen molar-refractivity contribution in [3.8, 4) is 22.6 Å². The molecular weight excluding hydrogens is 536 g/mol. The molecule has 228 valence electrons. The van der Waals surface area contributed by atoms with Crippen molar-refractivity contribution in [3.63, 3.8) is 0 Å². The summed E-state index contributed by atoms with van der Waals surface area (Å²) in [5.74, 6) is 0.506. The molecule has 1 saturated carbocycles. The molecule has 0 unspecified atom stereocenters. The number of aliphatic hydroxyl groups is 2. The van der Waals surface area contributed by atoms with Crippen LogP contribution in [0.2, 0.25) is 0 Å². The van der Waals surface area contributed by atoms with Gasteiger partial charge in [0.05, 0.1) is 24.4 Å². The molecule has 0 aromatic heterocycles. The number of rotatable bonds is 15. The second kappa shape index (κ2) is 16.1. The summed E-state index contributed by atoms with van der Waals surface area (Å²) in [6.45, 7) is 11.4. The van der Waals surface area contributed by atoms with E-state index in [0.717, 1.165) is 22.6 Å². The molecule has 1 aliphatic carbocycles. The van der Waals surface area contributed by atoms with Crippen LogP contribution in [0.3, 0.4) is 0 Å². The van der Waals surface area contributed by atoms with Gasteiger partial charge in [0.15, 0.2) is 11.5 Å². The second-order valence-corrected chi connectivity index (χ2v) is 10.8. The Balaban J connectivity index is 1.87. The molecule has 0 bridgehead atoms. The Morgan fingerprint density at radius 3 is 2.05 bits per heavy atom. The molecule has 2 N–H and O–H groups in total. The van der Waals surface area contributed by atoms with E-state index in [0.29, 0.717) is 18.1 Å². The molecule has 0 saturated heterocycles. The van der Waals surface area contributed by atoms with Gasteiger partial charge >= 0.3 is 11.9 Å². The van der Waals surface area contributed by atoms with Crippen LogP contribution in [0.1, 0.15) is 75.0 Å². The number of hydrogen-bond donors (Lipinski definition) is 2. The lowest BCUT2D eigenvalue weighted by Gasteiger charge is -2.29. The Labute approximate surface area is 248 Å².